The fourth-order valence-electron chi connectivity index (χ4n) is 4.09. The second-order valence-electron chi connectivity index (χ2n) is 9.71. The summed E-state index contributed by atoms with van der Waals surface area (Å²) in [6.07, 6.45) is 1.51. The van der Waals surface area contributed by atoms with Crippen LogP contribution in [0, 0.1) is 24.7 Å². The number of aryl methyl sites for hydroxylation is 1. The van der Waals surface area contributed by atoms with E-state index in [2.05, 4.69) is 41.9 Å². The molecule has 1 aromatic carbocycles. The van der Waals surface area contributed by atoms with Crippen molar-refractivity contribution in [1.29, 1.82) is 0 Å². The fraction of sp³-hybridized carbons (Fsp3) is 0.370. The number of anilines is 1. The summed E-state index contributed by atoms with van der Waals surface area (Å²) in [5, 5.41) is 15.8. The molecule has 0 saturated carbocycles. The monoisotopic (exact) mass is 581 g/mol. The molecule has 0 spiro atoms. The van der Waals surface area contributed by atoms with Gasteiger partial charge in [0.25, 0.3) is 16.1 Å². The molecule has 4 rings (SSSR count). The number of carboxylic acid groups (broad SMARTS) is 1. The number of carboxylic acids is 1. The first-order valence-corrected chi connectivity index (χ1v) is 14.4. The molecule has 1 aliphatic heterocycles. The zero-order chi connectivity index (χ0) is 29.6. The van der Waals surface area contributed by atoms with Crippen molar-refractivity contribution >= 4 is 27.8 Å². The van der Waals surface area contributed by atoms with Crippen molar-refractivity contribution in [2.45, 2.75) is 33.4 Å². The Morgan fingerprint density at radius 1 is 1.07 bits per heavy atom. The van der Waals surface area contributed by atoms with Crippen molar-refractivity contribution in [1.82, 2.24) is 29.5 Å². The zero-order valence-corrected chi connectivity index (χ0v) is 23.7. The second kappa shape index (κ2) is 12.9. The molecule has 216 valence electrons. The average Bonchev–Trinajstić information content (AvgIpc) is 3.38. The zero-order valence-electron chi connectivity index (χ0n) is 22.9. The lowest BCUT2D eigenvalue weighted by atomic mass is 10.1. The normalized spacial score (nSPS) is 14.8. The molecule has 1 saturated heterocycles. The molecule has 41 heavy (non-hydrogen) atoms. The molecule has 0 bridgehead atoms. The van der Waals surface area contributed by atoms with Gasteiger partial charge in [-0.05, 0) is 42.3 Å². The van der Waals surface area contributed by atoms with Crippen molar-refractivity contribution < 1.29 is 27.6 Å². The van der Waals surface area contributed by atoms with E-state index in [1.54, 1.807) is 32.9 Å². The maximum Gasteiger partial charge on any atom is 0.322 e. The van der Waals surface area contributed by atoms with Gasteiger partial charge in [-0.15, -0.1) is 0 Å². The topological polar surface area (TPSA) is 171 Å². The number of aliphatic carboxylic acids is 1. The van der Waals surface area contributed by atoms with Crippen LogP contribution in [0.2, 0.25) is 0 Å². The SMILES string of the molecule is Cc1nc(CNC(=O)c2cc(C#Cc3ccc(N4CCN(S(=O)(=O)N[C@@H](C(=O)O)C(C)C)CC4)cc3)ccn2)no1. The first-order valence-electron chi connectivity index (χ1n) is 12.9. The van der Waals surface area contributed by atoms with E-state index in [1.807, 2.05) is 24.3 Å². The van der Waals surface area contributed by atoms with E-state index in [0.717, 1.165) is 11.3 Å². The Hall–Kier alpha value is -4.32. The standard InChI is InChI=1S/C27H31N7O6S/c1-18(2)25(27(36)37)32-41(38,39)34-14-12-33(13-15-34)22-8-6-20(7-9-22)4-5-21-10-11-28-23(16-21)26(35)29-17-24-30-19(3)40-31-24/h6-11,16,18,25,32H,12-15,17H2,1-3H3,(H,29,35)(H,36,37)/t25-/m1/s1. The van der Waals surface area contributed by atoms with Gasteiger partial charge >= 0.3 is 5.97 Å². The number of benzene rings is 1. The molecule has 1 atom stereocenters. The molecule has 0 radical (unpaired) electrons. The summed E-state index contributed by atoms with van der Waals surface area (Å²) in [6, 6.07) is 9.69. The number of nitrogens with one attached hydrogen (secondary N) is 2. The lowest BCUT2D eigenvalue weighted by Gasteiger charge is -2.36. The predicted octanol–water partition coefficient (Wildman–Crippen LogP) is 1.17. The van der Waals surface area contributed by atoms with Crippen molar-refractivity contribution in [2.75, 3.05) is 31.1 Å². The van der Waals surface area contributed by atoms with Gasteiger partial charge in [-0.1, -0.05) is 30.8 Å². The number of rotatable bonds is 9. The van der Waals surface area contributed by atoms with Crippen molar-refractivity contribution in [2.24, 2.45) is 5.92 Å². The predicted molar refractivity (Wildman–Crippen MR) is 149 cm³/mol. The molecule has 2 aromatic heterocycles. The number of hydrogen-bond donors (Lipinski definition) is 3. The largest absolute Gasteiger partial charge is 0.480 e. The molecule has 1 amide bonds. The summed E-state index contributed by atoms with van der Waals surface area (Å²) in [5.74, 6) is 4.93. The maximum absolute atomic E-state index is 12.7. The van der Waals surface area contributed by atoms with Crippen LogP contribution in [0.15, 0.2) is 47.1 Å². The minimum absolute atomic E-state index is 0.116. The van der Waals surface area contributed by atoms with Gasteiger partial charge in [-0.3, -0.25) is 14.6 Å². The van der Waals surface area contributed by atoms with Gasteiger partial charge < -0.3 is 19.8 Å². The Bertz CT molecular complexity index is 1550. The highest BCUT2D eigenvalue weighted by molar-refractivity contribution is 7.87. The molecule has 1 fully saturated rings. The van der Waals surface area contributed by atoms with Crippen LogP contribution >= 0.6 is 0 Å². The third-order valence-electron chi connectivity index (χ3n) is 6.34. The van der Waals surface area contributed by atoms with Crippen molar-refractivity contribution in [3.63, 3.8) is 0 Å². The molecule has 0 aliphatic carbocycles. The Morgan fingerprint density at radius 3 is 2.37 bits per heavy atom. The first-order chi connectivity index (χ1) is 19.5. The summed E-state index contributed by atoms with van der Waals surface area (Å²) in [6.45, 7) is 6.47. The number of carbonyl (C=O) groups is 2. The van der Waals surface area contributed by atoms with Crippen LogP contribution < -0.4 is 14.9 Å². The number of piperazine rings is 1. The van der Waals surface area contributed by atoms with E-state index in [1.165, 1.54) is 10.5 Å². The Morgan fingerprint density at radius 2 is 1.76 bits per heavy atom. The molecule has 0 unspecified atom stereocenters. The third kappa shape index (κ3) is 7.88. The van der Waals surface area contributed by atoms with E-state index < -0.39 is 22.2 Å². The third-order valence-corrected chi connectivity index (χ3v) is 7.94. The van der Waals surface area contributed by atoms with Crippen LogP contribution in [0.25, 0.3) is 0 Å². The van der Waals surface area contributed by atoms with Crippen LogP contribution in [0.5, 0.6) is 0 Å². The number of nitrogens with zero attached hydrogens (tertiary/aromatic N) is 5. The molecular formula is C27H31N7O6S. The lowest BCUT2D eigenvalue weighted by Crippen LogP contribution is -2.55. The number of aromatic nitrogens is 3. The number of pyridine rings is 1. The highest BCUT2D eigenvalue weighted by Crippen LogP contribution is 2.19. The molecule has 14 heteroatoms. The fourth-order valence-corrected chi connectivity index (χ4v) is 5.58. The number of amides is 1. The van der Waals surface area contributed by atoms with Crippen LogP contribution in [-0.4, -0.2) is 77.1 Å². The van der Waals surface area contributed by atoms with Crippen LogP contribution in [0.1, 0.15) is 47.2 Å². The molecule has 3 N–H and O–H groups in total. The summed E-state index contributed by atoms with van der Waals surface area (Å²) >= 11 is 0. The minimum Gasteiger partial charge on any atom is -0.480 e. The van der Waals surface area contributed by atoms with E-state index in [0.29, 0.717) is 30.4 Å². The van der Waals surface area contributed by atoms with E-state index in [4.69, 9.17) is 4.52 Å². The second-order valence-corrected chi connectivity index (χ2v) is 11.4. The van der Waals surface area contributed by atoms with Crippen molar-refractivity contribution in [3.05, 3.63) is 71.1 Å². The number of hydrogen-bond acceptors (Lipinski definition) is 9. The Balaban J connectivity index is 1.32. The summed E-state index contributed by atoms with van der Waals surface area (Å²) in [4.78, 5) is 34.1. The van der Waals surface area contributed by atoms with E-state index in [9.17, 15) is 23.1 Å². The van der Waals surface area contributed by atoms with Gasteiger partial charge in [0.15, 0.2) is 5.82 Å². The maximum atomic E-state index is 12.7. The molecule has 13 nitrogen and oxygen atoms in total. The van der Waals surface area contributed by atoms with Crippen molar-refractivity contribution in [3.8, 4) is 11.8 Å². The molecule has 1 aliphatic rings. The molecular weight excluding hydrogens is 550 g/mol. The van der Waals surface area contributed by atoms with Gasteiger partial charge in [-0.2, -0.15) is 22.4 Å². The smallest absolute Gasteiger partial charge is 0.322 e. The highest BCUT2D eigenvalue weighted by Gasteiger charge is 2.32. The lowest BCUT2D eigenvalue weighted by molar-refractivity contribution is -0.140. The van der Waals surface area contributed by atoms with Crippen LogP contribution in [0.3, 0.4) is 0 Å². The van der Waals surface area contributed by atoms with Gasteiger partial charge in [-0.25, -0.2) is 0 Å². The summed E-state index contributed by atoms with van der Waals surface area (Å²) in [5.41, 5.74) is 2.53. The molecule has 3 aromatic rings. The van der Waals surface area contributed by atoms with Gasteiger partial charge in [0.05, 0.1) is 6.54 Å². The van der Waals surface area contributed by atoms with Crippen LogP contribution in [-0.2, 0) is 21.5 Å². The van der Waals surface area contributed by atoms with E-state index in [-0.39, 0.29) is 37.2 Å². The summed E-state index contributed by atoms with van der Waals surface area (Å²) in [7, 11) is -3.92. The van der Waals surface area contributed by atoms with E-state index >= 15 is 0 Å². The van der Waals surface area contributed by atoms with Gasteiger partial charge in [0, 0.05) is 56.1 Å². The average molecular weight is 582 g/mol. The highest BCUT2D eigenvalue weighted by atomic mass is 32.2. The van der Waals surface area contributed by atoms with Crippen LogP contribution in [0.4, 0.5) is 5.69 Å². The quantitative estimate of drug-likeness (QED) is 0.312. The van der Waals surface area contributed by atoms with Gasteiger partial charge in [0.2, 0.25) is 5.89 Å². The minimum atomic E-state index is -3.92. The Labute approximate surface area is 238 Å². The Kier molecular flexibility index (Phi) is 9.33. The summed E-state index contributed by atoms with van der Waals surface area (Å²) < 4.78 is 33.9. The molecule has 3 heterocycles. The first kappa shape index (κ1) is 29.7. The number of carbonyl (C=O) groups excluding carboxylic acids is 1. The van der Waals surface area contributed by atoms with Gasteiger partial charge in [0.1, 0.15) is 11.7 Å².